The van der Waals surface area contributed by atoms with Gasteiger partial charge in [-0.25, -0.2) is 0 Å². The first kappa shape index (κ1) is 27.3. The van der Waals surface area contributed by atoms with E-state index in [-0.39, 0.29) is 12.3 Å². The molecule has 174 valence electrons. The summed E-state index contributed by atoms with van der Waals surface area (Å²) in [6.07, 6.45) is 3.03. The summed E-state index contributed by atoms with van der Waals surface area (Å²) in [7, 11) is 0. The highest BCUT2D eigenvalue weighted by atomic mass is 32.2. The molecule has 0 saturated carbocycles. The fourth-order valence-corrected chi connectivity index (χ4v) is 3.17. The van der Waals surface area contributed by atoms with Crippen molar-refractivity contribution in [3.05, 3.63) is 71.3 Å². The van der Waals surface area contributed by atoms with E-state index in [4.69, 9.17) is 4.74 Å². The van der Waals surface area contributed by atoms with E-state index in [0.29, 0.717) is 5.56 Å². The molecule has 0 N–H and O–H groups in total. The van der Waals surface area contributed by atoms with Crippen LogP contribution in [0.5, 0.6) is 0 Å². The predicted molar refractivity (Wildman–Crippen MR) is 126 cm³/mol. The van der Waals surface area contributed by atoms with Crippen LogP contribution < -0.4 is 0 Å². The summed E-state index contributed by atoms with van der Waals surface area (Å²) in [6, 6.07) is 7.99. The average molecular weight is 467 g/mol. The molecule has 0 aliphatic heterocycles. The lowest BCUT2D eigenvalue weighted by Gasteiger charge is -2.09. The molecule has 0 amide bonds. The first-order valence-corrected chi connectivity index (χ1v) is 11.4. The maximum atomic E-state index is 13.2. The number of carbonyl (C=O) groups is 1. The minimum Gasteiger partial charge on any atom is -0.465 e. The lowest BCUT2D eigenvalue weighted by atomic mass is 10.0. The Labute approximate surface area is 191 Å². The van der Waals surface area contributed by atoms with Crippen molar-refractivity contribution < 1.29 is 22.7 Å². The first-order valence-electron chi connectivity index (χ1n) is 10.2. The Balaban J connectivity index is 0.00000249. The van der Waals surface area contributed by atoms with Gasteiger partial charge in [0.05, 0.1) is 12.3 Å². The van der Waals surface area contributed by atoms with Gasteiger partial charge in [-0.1, -0.05) is 56.8 Å². The van der Waals surface area contributed by atoms with E-state index < -0.39 is 24.4 Å². The van der Waals surface area contributed by atoms with Gasteiger partial charge in [-0.2, -0.15) is 18.3 Å². The number of hydrogen-bond donors (Lipinski definition) is 0. The maximum absolute atomic E-state index is 13.2. The molecule has 0 bridgehead atoms. The summed E-state index contributed by atoms with van der Waals surface area (Å²) in [5, 5.41) is 3.57. The minimum atomic E-state index is -4.61. The molecule has 0 spiro atoms. The molecule has 2 aromatic rings. The molecule has 4 nitrogen and oxygen atoms in total. The maximum Gasteiger partial charge on any atom is 0.435 e. The zero-order chi connectivity index (χ0) is 24.3. The standard InChI is InChI=1S/C22H23F3N2O2S.C2H6/c1-5-15(12-18(6-2)30-4)16-8-10-17(11-9-16)19-13-20(22(23,24)25)26-27(19)14-21(28)29-7-3;1-2/h5-6,8-13H,2,7,14H2,1,3-4H3;1-2H3/b15-5+,18-12+;. The minimum absolute atomic E-state index is 0.138. The summed E-state index contributed by atoms with van der Waals surface area (Å²) >= 11 is 1.57. The zero-order valence-electron chi connectivity index (χ0n) is 19.0. The molecular formula is C24H29F3N2O2S. The molecule has 0 unspecified atom stereocenters. The number of allylic oxidation sites excluding steroid dienone is 4. The van der Waals surface area contributed by atoms with Crippen LogP contribution in [0.4, 0.5) is 13.2 Å². The molecule has 8 heteroatoms. The summed E-state index contributed by atoms with van der Waals surface area (Å²) in [6.45, 7) is 11.1. The Bertz CT molecular complexity index is 959. The van der Waals surface area contributed by atoms with Crippen LogP contribution in [0, 0.1) is 0 Å². The van der Waals surface area contributed by atoms with Crippen molar-refractivity contribution in [3.63, 3.8) is 0 Å². The number of nitrogens with zero attached hydrogens (tertiary/aromatic N) is 2. The second kappa shape index (κ2) is 13.0. The summed E-state index contributed by atoms with van der Waals surface area (Å²) < 4.78 is 45.4. The van der Waals surface area contributed by atoms with Gasteiger partial charge in [0.25, 0.3) is 0 Å². The van der Waals surface area contributed by atoms with Gasteiger partial charge in [-0.3, -0.25) is 9.48 Å². The van der Waals surface area contributed by atoms with E-state index in [0.717, 1.165) is 26.8 Å². The fraction of sp³-hybridized carbons (Fsp3) is 0.333. The van der Waals surface area contributed by atoms with Crippen molar-refractivity contribution in [2.75, 3.05) is 12.9 Å². The van der Waals surface area contributed by atoms with E-state index in [2.05, 4.69) is 11.7 Å². The van der Waals surface area contributed by atoms with Crippen molar-refractivity contribution in [1.82, 2.24) is 9.78 Å². The van der Waals surface area contributed by atoms with Crippen molar-refractivity contribution >= 4 is 23.3 Å². The lowest BCUT2D eigenvalue weighted by Crippen LogP contribution is -2.16. The summed E-state index contributed by atoms with van der Waals surface area (Å²) in [5.74, 6) is -0.650. The fourth-order valence-electron chi connectivity index (χ4n) is 2.76. The van der Waals surface area contributed by atoms with Gasteiger partial charge in [0.2, 0.25) is 0 Å². The lowest BCUT2D eigenvalue weighted by molar-refractivity contribution is -0.146. The Hall–Kier alpha value is -2.74. The monoisotopic (exact) mass is 466 g/mol. The van der Waals surface area contributed by atoms with Gasteiger partial charge in [0.15, 0.2) is 5.69 Å². The van der Waals surface area contributed by atoms with Crippen LogP contribution in [-0.2, 0) is 22.3 Å². The molecule has 1 heterocycles. The summed E-state index contributed by atoms with van der Waals surface area (Å²) in [5.41, 5.74) is 1.51. The van der Waals surface area contributed by atoms with E-state index in [1.54, 1.807) is 36.9 Å². The molecule has 0 fully saturated rings. The van der Waals surface area contributed by atoms with E-state index >= 15 is 0 Å². The molecule has 0 saturated heterocycles. The topological polar surface area (TPSA) is 44.1 Å². The Morgan fingerprint density at radius 1 is 1.25 bits per heavy atom. The van der Waals surface area contributed by atoms with Crippen molar-refractivity contribution in [2.45, 2.75) is 40.4 Å². The van der Waals surface area contributed by atoms with Crippen LogP contribution in [0.15, 0.2) is 60.0 Å². The van der Waals surface area contributed by atoms with Crippen LogP contribution in [0.3, 0.4) is 0 Å². The number of thioether (sulfide) groups is 1. The van der Waals surface area contributed by atoms with Gasteiger partial charge < -0.3 is 4.74 Å². The Morgan fingerprint density at radius 2 is 1.88 bits per heavy atom. The van der Waals surface area contributed by atoms with Crippen LogP contribution in [0.1, 0.15) is 39.0 Å². The molecule has 32 heavy (non-hydrogen) atoms. The smallest absolute Gasteiger partial charge is 0.435 e. The van der Waals surface area contributed by atoms with Gasteiger partial charge in [0.1, 0.15) is 6.54 Å². The molecule has 0 aliphatic rings. The number of ether oxygens (including phenoxy) is 1. The molecule has 1 aromatic carbocycles. The van der Waals surface area contributed by atoms with Crippen LogP contribution in [0.25, 0.3) is 16.8 Å². The Kier molecular flexibility index (Phi) is 11.1. The molecule has 2 rings (SSSR count). The molecular weight excluding hydrogens is 437 g/mol. The third-order valence-corrected chi connectivity index (χ3v) is 4.97. The van der Waals surface area contributed by atoms with E-state index in [1.165, 1.54) is 0 Å². The Morgan fingerprint density at radius 3 is 2.34 bits per heavy atom. The van der Waals surface area contributed by atoms with Crippen LogP contribution >= 0.6 is 11.8 Å². The van der Waals surface area contributed by atoms with Crippen molar-refractivity contribution in [3.8, 4) is 11.3 Å². The second-order valence-corrected chi connectivity index (χ2v) is 7.03. The quantitative estimate of drug-likeness (QED) is 0.311. The largest absolute Gasteiger partial charge is 0.465 e. The normalized spacial score (nSPS) is 12.1. The number of carbonyl (C=O) groups excluding carboxylic acids is 1. The number of alkyl halides is 3. The first-order chi connectivity index (χ1) is 15.2. The second-order valence-electron chi connectivity index (χ2n) is 6.15. The van der Waals surface area contributed by atoms with Crippen molar-refractivity contribution in [1.29, 1.82) is 0 Å². The highest BCUT2D eigenvalue weighted by Crippen LogP contribution is 2.32. The third kappa shape index (κ3) is 7.44. The van der Waals surface area contributed by atoms with Gasteiger partial charge in [-0.05, 0) is 48.9 Å². The zero-order valence-corrected chi connectivity index (χ0v) is 19.8. The van der Waals surface area contributed by atoms with E-state index in [1.807, 2.05) is 51.3 Å². The highest BCUT2D eigenvalue weighted by molar-refractivity contribution is 8.02. The molecule has 0 atom stereocenters. The molecule has 0 radical (unpaired) electrons. The number of rotatable bonds is 8. The highest BCUT2D eigenvalue weighted by Gasteiger charge is 2.35. The number of halogens is 3. The SMILES string of the molecule is C=C/C(=C\C(=C/C)c1ccc(-c2cc(C(F)(F)F)nn2CC(=O)OCC)cc1)SC.CC. The van der Waals surface area contributed by atoms with Crippen LogP contribution in [0.2, 0.25) is 0 Å². The van der Waals surface area contributed by atoms with Crippen molar-refractivity contribution in [2.24, 2.45) is 0 Å². The van der Waals surface area contributed by atoms with Gasteiger partial charge in [-0.15, -0.1) is 11.8 Å². The van der Waals surface area contributed by atoms with E-state index in [9.17, 15) is 18.0 Å². The average Bonchev–Trinajstić information content (AvgIpc) is 3.21. The predicted octanol–water partition coefficient (Wildman–Crippen LogP) is 6.99. The van der Waals surface area contributed by atoms with Crippen LogP contribution in [-0.4, -0.2) is 28.6 Å². The van der Waals surface area contributed by atoms with Gasteiger partial charge >= 0.3 is 12.1 Å². The number of esters is 1. The molecule has 0 aliphatic carbocycles. The third-order valence-electron chi connectivity index (χ3n) is 4.21. The molecule has 1 aromatic heterocycles. The number of aromatic nitrogens is 2. The number of hydrogen-bond acceptors (Lipinski definition) is 4. The number of benzene rings is 1. The van der Waals surface area contributed by atoms with Gasteiger partial charge in [0, 0.05) is 4.91 Å². The summed E-state index contributed by atoms with van der Waals surface area (Å²) in [4.78, 5) is 12.8.